The van der Waals surface area contributed by atoms with E-state index >= 15 is 0 Å². The van der Waals surface area contributed by atoms with Crippen LogP contribution in [0.1, 0.15) is 34.1 Å². The normalized spacial score (nSPS) is 12.4. The Labute approximate surface area is 96.1 Å². The molecule has 0 atom stereocenters. The van der Waals surface area contributed by atoms with E-state index in [1.165, 1.54) is 18.7 Å². The molecular formula is C11H21NO4. The lowest BCUT2D eigenvalue weighted by Gasteiger charge is -2.28. The van der Waals surface area contributed by atoms with Crippen molar-refractivity contribution in [3.63, 3.8) is 0 Å². The zero-order valence-electron chi connectivity index (χ0n) is 10.6. The summed E-state index contributed by atoms with van der Waals surface area (Å²) in [6.45, 7) is 6.39. The zero-order valence-corrected chi connectivity index (χ0v) is 10.6. The number of aliphatic hydroxyl groups is 1. The maximum Gasteiger partial charge on any atom is 0.309 e. The number of likely N-dealkylation sites (N-methyl/N-ethyl adjacent to an activating group) is 1. The number of carboxylic acid groups (broad SMARTS) is 1. The minimum absolute atomic E-state index is 0.0745. The topological polar surface area (TPSA) is 77.8 Å². The smallest absolute Gasteiger partial charge is 0.309 e. The molecule has 2 N–H and O–H groups in total. The van der Waals surface area contributed by atoms with Gasteiger partial charge in [0.15, 0.2) is 0 Å². The maximum absolute atomic E-state index is 11.7. The number of carbonyl (C=O) groups is 2. The molecule has 1 amide bonds. The standard InChI is InChI=1S/C11H21NO4/c1-10(2,9(14)15)6-8(13)12(5)7-11(3,4)16/h16H,6-7H2,1-5H3,(H,14,15). The molecule has 0 fully saturated rings. The molecule has 5 heteroatoms. The number of carbonyl (C=O) groups excluding carboxylic acids is 1. The number of amides is 1. The van der Waals surface area contributed by atoms with Gasteiger partial charge in [-0.05, 0) is 27.7 Å². The van der Waals surface area contributed by atoms with Gasteiger partial charge < -0.3 is 15.1 Å². The molecule has 0 aromatic heterocycles. The molecule has 0 bridgehead atoms. The molecule has 0 aliphatic carbocycles. The molecule has 0 rings (SSSR count). The van der Waals surface area contributed by atoms with Gasteiger partial charge in [-0.2, -0.15) is 0 Å². The summed E-state index contributed by atoms with van der Waals surface area (Å²) in [6.07, 6.45) is -0.0745. The summed E-state index contributed by atoms with van der Waals surface area (Å²) in [6, 6.07) is 0. The Bertz CT molecular complexity index is 278. The molecule has 0 radical (unpaired) electrons. The first-order chi connectivity index (χ1) is 6.96. The van der Waals surface area contributed by atoms with E-state index in [1.807, 2.05) is 0 Å². The molecule has 0 unspecified atom stereocenters. The van der Waals surface area contributed by atoms with Crippen molar-refractivity contribution >= 4 is 11.9 Å². The van der Waals surface area contributed by atoms with Gasteiger partial charge in [0.2, 0.25) is 5.91 Å². The van der Waals surface area contributed by atoms with E-state index in [-0.39, 0.29) is 18.9 Å². The van der Waals surface area contributed by atoms with Crippen LogP contribution in [0.5, 0.6) is 0 Å². The number of carboxylic acids is 1. The van der Waals surface area contributed by atoms with Crippen molar-refractivity contribution in [3.05, 3.63) is 0 Å². The Morgan fingerprint density at radius 1 is 1.19 bits per heavy atom. The fourth-order valence-corrected chi connectivity index (χ4v) is 1.26. The lowest BCUT2D eigenvalue weighted by atomic mass is 9.89. The highest BCUT2D eigenvalue weighted by Gasteiger charge is 2.32. The lowest BCUT2D eigenvalue weighted by Crippen LogP contribution is -2.42. The molecule has 0 spiro atoms. The van der Waals surface area contributed by atoms with Gasteiger partial charge >= 0.3 is 5.97 Å². The molecule has 0 saturated heterocycles. The molecule has 0 aliphatic heterocycles. The Hall–Kier alpha value is -1.10. The maximum atomic E-state index is 11.7. The van der Waals surface area contributed by atoms with Crippen LogP contribution in [0.15, 0.2) is 0 Å². The average molecular weight is 231 g/mol. The highest BCUT2D eigenvalue weighted by atomic mass is 16.4. The number of hydrogen-bond donors (Lipinski definition) is 2. The van der Waals surface area contributed by atoms with Crippen molar-refractivity contribution in [3.8, 4) is 0 Å². The first-order valence-electron chi connectivity index (χ1n) is 5.15. The van der Waals surface area contributed by atoms with Crippen molar-refractivity contribution in [2.24, 2.45) is 5.41 Å². The Morgan fingerprint density at radius 2 is 1.62 bits per heavy atom. The molecule has 0 saturated carbocycles. The predicted octanol–water partition coefficient (Wildman–Crippen LogP) is 0.717. The van der Waals surface area contributed by atoms with Gasteiger partial charge in [-0.3, -0.25) is 9.59 Å². The van der Waals surface area contributed by atoms with Crippen molar-refractivity contribution in [2.45, 2.75) is 39.7 Å². The molecule has 5 nitrogen and oxygen atoms in total. The third kappa shape index (κ3) is 5.11. The van der Waals surface area contributed by atoms with E-state index in [1.54, 1.807) is 20.9 Å². The quantitative estimate of drug-likeness (QED) is 0.730. The molecule has 0 heterocycles. The summed E-state index contributed by atoms with van der Waals surface area (Å²) < 4.78 is 0. The monoisotopic (exact) mass is 231 g/mol. The summed E-state index contributed by atoms with van der Waals surface area (Å²) in [4.78, 5) is 23.9. The van der Waals surface area contributed by atoms with Crippen LogP contribution in [0.25, 0.3) is 0 Å². The Balaban J connectivity index is 4.43. The fraction of sp³-hybridized carbons (Fsp3) is 0.818. The Morgan fingerprint density at radius 3 is 1.94 bits per heavy atom. The predicted molar refractivity (Wildman–Crippen MR) is 60.0 cm³/mol. The first-order valence-corrected chi connectivity index (χ1v) is 5.15. The first kappa shape index (κ1) is 14.9. The molecule has 94 valence electrons. The second-order valence-corrected chi connectivity index (χ2v) is 5.43. The number of nitrogens with zero attached hydrogens (tertiary/aromatic N) is 1. The average Bonchev–Trinajstić information content (AvgIpc) is 1.99. The minimum atomic E-state index is -1.08. The lowest BCUT2D eigenvalue weighted by molar-refractivity contribution is -0.151. The van der Waals surface area contributed by atoms with E-state index in [0.29, 0.717) is 0 Å². The molecular weight excluding hydrogens is 210 g/mol. The molecule has 0 aromatic rings. The van der Waals surface area contributed by atoms with Crippen LogP contribution in [0, 0.1) is 5.41 Å². The van der Waals surface area contributed by atoms with Crippen LogP contribution >= 0.6 is 0 Å². The van der Waals surface area contributed by atoms with E-state index in [9.17, 15) is 14.7 Å². The van der Waals surface area contributed by atoms with Gasteiger partial charge in [-0.25, -0.2) is 0 Å². The number of rotatable bonds is 5. The highest BCUT2D eigenvalue weighted by Crippen LogP contribution is 2.21. The van der Waals surface area contributed by atoms with Crippen molar-refractivity contribution in [1.82, 2.24) is 4.90 Å². The zero-order chi connectivity index (χ0) is 13.1. The van der Waals surface area contributed by atoms with Crippen LogP contribution in [-0.2, 0) is 9.59 Å². The van der Waals surface area contributed by atoms with Gasteiger partial charge in [-0.15, -0.1) is 0 Å². The SMILES string of the molecule is CN(CC(C)(C)O)C(=O)CC(C)(C)C(=O)O. The van der Waals surface area contributed by atoms with Gasteiger partial charge in [-0.1, -0.05) is 0 Å². The van der Waals surface area contributed by atoms with Crippen molar-refractivity contribution in [1.29, 1.82) is 0 Å². The molecule has 16 heavy (non-hydrogen) atoms. The van der Waals surface area contributed by atoms with Crippen LogP contribution in [0.4, 0.5) is 0 Å². The number of hydrogen-bond acceptors (Lipinski definition) is 3. The van der Waals surface area contributed by atoms with E-state index in [2.05, 4.69) is 0 Å². The fourth-order valence-electron chi connectivity index (χ4n) is 1.26. The highest BCUT2D eigenvalue weighted by molar-refractivity contribution is 5.84. The van der Waals surface area contributed by atoms with Gasteiger partial charge in [0.1, 0.15) is 0 Å². The summed E-state index contributed by atoms with van der Waals surface area (Å²) in [7, 11) is 1.55. The van der Waals surface area contributed by atoms with E-state index in [0.717, 1.165) is 0 Å². The van der Waals surface area contributed by atoms with Crippen LogP contribution in [0.2, 0.25) is 0 Å². The van der Waals surface area contributed by atoms with E-state index in [4.69, 9.17) is 5.11 Å². The Kier molecular flexibility index (Phi) is 4.49. The third-order valence-electron chi connectivity index (χ3n) is 2.22. The largest absolute Gasteiger partial charge is 0.481 e. The summed E-state index contributed by atoms with van der Waals surface area (Å²) >= 11 is 0. The second-order valence-electron chi connectivity index (χ2n) is 5.43. The minimum Gasteiger partial charge on any atom is -0.481 e. The third-order valence-corrected chi connectivity index (χ3v) is 2.22. The van der Waals surface area contributed by atoms with Gasteiger partial charge in [0, 0.05) is 20.0 Å². The van der Waals surface area contributed by atoms with Crippen molar-refractivity contribution < 1.29 is 19.8 Å². The van der Waals surface area contributed by atoms with Gasteiger partial charge in [0.05, 0.1) is 11.0 Å². The molecule has 0 aliphatic rings. The van der Waals surface area contributed by atoms with E-state index < -0.39 is 17.0 Å². The summed E-state index contributed by atoms with van der Waals surface area (Å²) in [5, 5.41) is 18.4. The van der Waals surface area contributed by atoms with Crippen molar-refractivity contribution in [2.75, 3.05) is 13.6 Å². The van der Waals surface area contributed by atoms with Crippen LogP contribution in [-0.4, -0.2) is 46.2 Å². The summed E-state index contributed by atoms with van der Waals surface area (Å²) in [5.41, 5.74) is -2.05. The van der Waals surface area contributed by atoms with Crippen LogP contribution in [0.3, 0.4) is 0 Å². The van der Waals surface area contributed by atoms with Crippen LogP contribution < -0.4 is 0 Å². The van der Waals surface area contributed by atoms with Gasteiger partial charge in [0.25, 0.3) is 0 Å². The second kappa shape index (κ2) is 4.82. The summed E-state index contributed by atoms with van der Waals surface area (Å²) in [5.74, 6) is -1.29. The number of aliphatic carboxylic acids is 1. The molecule has 0 aromatic carbocycles.